The summed E-state index contributed by atoms with van der Waals surface area (Å²) in [6, 6.07) is 4.87. The molecule has 2 aliphatic rings. The Hall–Kier alpha value is -0.820. The van der Waals surface area contributed by atoms with Crippen molar-refractivity contribution in [1.29, 1.82) is 0 Å². The Morgan fingerprint density at radius 3 is 1.76 bits per heavy atom. The van der Waals surface area contributed by atoms with Crippen LogP contribution >= 0.6 is 0 Å². The third-order valence-corrected chi connectivity index (χ3v) is 6.32. The molecule has 1 unspecified atom stereocenters. The molecular weight excluding hydrogens is 256 g/mol. The molecule has 0 heterocycles. The van der Waals surface area contributed by atoms with Gasteiger partial charge in [-0.05, 0) is 72.6 Å². The maximum atomic E-state index is 10.3. The van der Waals surface area contributed by atoms with Crippen molar-refractivity contribution < 1.29 is 5.11 Å². The standard InChI is InChI=1S/C20H30O/c1-13-11-16-17(19(5,6)8-7-18(16,3)4)12-15(13)20(9-10-20)14(2)21/h11-12,14,21H,7-10H2,1-6H3. The molecule has 0 saturated heterocycles. The highest BCUT2D eigenvalue weighted by Gasteiger charge is 2.50. The summed E-state index contributed by atoms with van der Waals surface area (Å²) in [5.74, 6) is 0. The number of aryl methyl sites for hydroxylation is 1. The summed E-state index contributed by atoms with van der Waals surface area (Å²) in [6.07, 6.45) is 4.53. The van der Waals surface area contributed by atoms with Gasteiger partial charge in [0.1, 0.15) is 0 Å². The Morgan fingerprint density at radius 1 is 0.857 bits per heavy atom. The van der Waals surface area contributed by atoms with Crippen LogP contribution in [0.15, 0.2) is 12.1 Å². The number of rotatable bonds is 2. The maximum Gasteiger partial charge on any atom is 0.0608 e. The van der Waals surface area contributed by atoms with E-state index in [2.05, 4.69) is 46.8 Å². The molecule has 0 bridgehead atoms. The number of benzene rings is 1. The summed E-state index contributed by atoms with van der Waals surface area (Å²) in [4.78, 5) is 0. The molecule has 0 spiro atoms. The van der Waals surface area contributed by atoms with Crippen molar-refractivity contribution in [3.05, 3.63) is 34.4 Å². The molecule has 1 saturated carbocycles. The summed E-state index contributed by atoms with van der Waals surface area (Å²) in [6.45, 7) is 13.7. The van der Waals surface area contributed by atoms with E-state index in [1.165, 1.54) is 35.1 Å². The Morgan fingerprint density at radius 2 is 1.33 bits per heavy atom. The van der Waals surface area contributed by atoms with E-state index in [-0.39, 0.29) is 22.3 Å². The van der Waals surface area contributed by atoms with Crippen molar-refractivity contribution in [3.63, 3.8) is 0 Å². The molecule has 1 N–H and O–H groups in total. The molecule has 1 aromatic rings. The highest BCUT2D eigenvalue weighted by Crippen LogP contribution is 2.54. The lowest BCUT2D eigenvalue weighted by molar-refractivity contribution is 0.150. The van der Waals surface area contributed by atoms with Crippen LogP contribution in [0.5, 0.6) is 0 Å². The van der Waals surface area contributed by atoms with Crippen LogP contribution in [0.2, 0.25) is 0 Å². The Balaban J connectivity index is 2.20. The zero-order valence-electron chi connectivity index (χ0n) is 14.5. The number of aliphatic hydroxyl groups excluding tert-OH is 1. The molecule has 0 radical (unpaired) electrons. The summed E-state index contributed by atoms with van der Waals surface area (Å²) >= 11 is 0. The second-order valence-corrected chi connectivity index (χ2v) is 8.81. The first-order valence-electron chi connectivity index (χ1n) is 8.44. The lowest BCUT2D eigenvalue weighted by Crippen LogP contribution is -2.35. The van der Waals surface area contributed by atoms with Crippen molar-refractivity contribution in [3.8, 4) is 0 Å². The van der Waals surface area contributed by atoms with Crippen LogP contribution < -0.4 is 0 Å². The predicted molar refractivity (Wildman–Crippen MR) is 89.1 cm³/mol. The van der Waals surface area contributed by atoms with Crippen LogP contribution in [0.25, 0.3) is 0 Å². The SMILES string of the molecule is Cc1cc2c(cc1C1(C(C)O)CC1)C(C)(C)CCC2(C)C. The lowest BCUT2D eigenvalue weighted by Gasteiger charge is -2.43. The average Bonchev–Trinajstić information content (AvgIpc) is 3.16. The second kappa shape index (κ2) is 4.35. The molecule has 2 aliphatic carbocycles. The summed E-state index contributed by atoms with van der Waals surface area (Å²) in [5, 5.41) is 10.3. The minimum atomic E-state index is -0.242. The number of aliphatic hydroxyl groups is 1. The lowest BCUT2D eigenvalue weighted by atomic mass is 9.62. The molecule has 0 aromatic heterocycles. The van der Waals surface area contributed by atoms with E-state index in [1.807, 2.05) is 6.92 Å². The number of hydrogen-bond donors (Lipinski definition) is 1. The average molecular weight is 286 g/mol. The van der Waals surface area contributed by atoms with E-state index < -0.39 is 0 Å². The summed E-state index contributed by atoms with van der Waals surface area (Å²) in [5.41, 5.74) is 6.39. The van der Waals surface area contributed by atoms with Crippen LogP contribution in [-0.2, 0) is 16.2 Å². The fourth-order valence-electron chi connectivity index (χ4n) is 4.31. The Bertz CT molecular complexity index is 574. The van der Waals surface area contributed by atoms with Crippen LogP contribution in [0.1, 0.15) is 82.6 Å². The van der Waals surface area contributed by atoms with E-state index in [0.717, 1.165) is 12.8 Å². The van der Waals surface area contributed by atoms with Gasteiger partial charge in [-0.3, -0.25) is 0 Å². The quantitative estimate of drug-likeness (QED) is 0.831. The minimum absolute atomic E-state index is 0.0385. The zero-order valence-corrected chi connectivity index (χ0v) is 14.5. The van der Waals surface area contributed by atoms with Gasteiger partial charge < -0.3 is 5.11 Å². The molecule has 0 aliphatic heterocycles. The smallest absolute Gasteiger partial charge is 0.0608 e. The molecular formula is C20H30O. The van der Waals surface area contributed by atoms with Gasteiger partial charge in [0.05, 0.1) is 6.10 Å². The van der Waals surface area contributed by atoms with Crippen molar-refractivity contribution in [2.75, 3.05) is 0 Å². The Kier molecular flexibility index (Phi) is 3.12. The van der Waals surface area contributed by atoms with Gasteiger partial charge in [-0.1, -0.05) is 39.8 Å². The van der Waals surface area contributed by atoms with Gasteiger partial charge in [0.25, 0.3) is 0 Å². The molecule has 1 heteroatoms. The van der Waals surface area contributed by atoms with Crippen LogP contribution in [0.4, 0.5) is 0 Å². The molecule has 1 atom stereocenters. The fraction of sp³-hybridized carbons (Fsp3) is 0.700. The van der Waals surface area contributed by atoms with E-state index >= 15 is 0 Å². The molecule has 3 rings (SSSR count). The predicted octanol–water partition coefficient (Wildman–Crippen LogP) is 4.76. The normalized spacial score (nSPS) is 26.0. The monoisotopic (exact) mass is 286 g/mol. The molecule has 1 aromatic carbocycles. The van der Waals surface area contributed by atoms with Gasteiger partial charge in [0, 0.05) is 5.41 Å². The molecule has 0 amide bonds. The van der Waals surface area contributed by atoms with E-state index in [9.17, 15) is 5.11 Å². The fourth-order valence-corrected chi connectivity index (χ4v) is 4.31. The van der Waals surface area contributed by atoms with Crippen molar-refractivity contribution in [1.82, 2.24) is 0 Å². The van der Waals surface area contributed by atoms with Crippen LogP contribution in [0.3, 0.4) is 0 Å². The molecule has 1 fully saturated rings. The maximum absolute atomic E-state index is 10.3. The largest absolute Gasteiger partial charge is 0.392 e. The topological polar surface area (TPSA) is 20.2 Å². The van der Waals surface area contributed by atoms with E-state index in [4.69, 9.17) is 0 Å². The minimum Gasteiger partial charge on any atom is -0.392 e. The summed E-state index contributed by atoms with van der Waals surface area (Å²) < 4.78 is 0. The van der Waals surface area contributed by atoms with Gasteiger partial charge in [0.15, 0.2) is 0 Å². The second-order valence-electron chi connectivity index (χ2n) is 8.81. The van der Waals surface area contributed by atoms with Gasteiger partial charge in [-0.2, -0.15) is 0 Å². The first-order chi connectivity index (χ1) is 9.60. The van der Waals surface area contributed by atoms with Gasteiger partial charge in [-0.25, -0.2) is 0 Å². The van der Waals surface area contributed by atoms with Crippen LogP contribution in [0, 0.1) is 6.92 Å². The van der Waals surface area contributed by atoms with E-state index in [0.29, 0.717) is 0 Å². The number of fused-ring (bicyclic) bond motifs is 1. The first-order valence-corrected chi connectivity index (χ1v) is 8.44. The van der Waals surface area contributed by atoms with Crippen molar-refractivity contribution >= 4 is 0 Å². The van der Waals surface area contributed by atoms with Gasteiger partial charge in [-0.15, -0.1) is 0 Å². The first kappa shape index (κ1) is 15.1. The zero-order chi connectivity index (χ0) is 15.6. The van der Waals surface area contributed by atoms with Gasteiger partial charge in [0.2, 0.25) is 0 Å². The third-order valence-electron chi connectivity index (χ3n) is 6.32. The Labute approximate surface area is 129 Å². The molecule has 116 valence electrons. The van der Waals surface area contributed by atoms with Crippen molar-refractivity contribution in [2.24, 2.45) is 0 Å². The molecule has 21 heavy (non-hydrogen) atoms. The number of hydrogen-bond acceptors (Lipinski definition) is 1. The third kappa shape index (κ3) is 2.16. The highest BCUT2D eigenvalue weighted by atomic mass is 16.3. The highest BCUT2D eigenvalue weighted by molar-refractivity contribution is 5.51. The van der Waals surface area contributed by atoms with Crippen molar-refractivity contribution in [2.45, 2.75) is 89.6 Å². The summed E-state index contributed by atoms with van der Waals surface area (Å²) in [7, 11) is 0. The van der Waals surface area contributed by atoms with Crippen LogP contribution in [-0.4, -0.2) is 11.2 Å². The molecule has 1 nitrogen and oxygen atoms in total. The van der Waals surface area contributed by atoms with Gasteiger partial charge >= 0.3 is 0 Å². The van der Waals surface area contributed by atoms with E-state index in [1.54, 1.807) is 0 Å².